The molecule has 0 aliphatic carbocycles. The van der Waals surface area contributed by atoms with Crippen molar-refractivity contribution in [3.05, 3.63) is 16.1 Å². The molecule has 0 N–H and O–H groups in total. The standard InChI is InChI=1S/C13H20N2O2S/c1-3-17-13(16)11-6-4-5-7-15(11)8-12-14-10(2)9-18-12/h9,11H,3-8H2,1-2H3. The fraction of sp³-hybridized carbons (Fsp3) is 0.692. The zero-order valence-corrected chi connectivity index (χ0v) is 11.8. The molecule has 1 aromatic rings. The summed E-state index contributed by atoms with van der Waals surface area (Å²) in [5, 5.41) is 3.14. The average Bonchev–Trinajstić information content (AvgIpc) is 2.76. The Morgan fingerprint density at radius 2 is 2.44 bits per heavy atom. The number of rotatable bonds is 4. The van der Waals surface area contributed by atoms with E-state index >= 15 is 0 Å². The number of hydrogen-bond donors (Lipinski definition) is 0. The maximum atomic E-state index is 11.9. The molecule has 0 bridgehead atoms. The molecule has 1 saturated heterocycles. The second-order valence-electron chi connectivity index (χ2n) is 4.62. The fourth-order valence-electron chi connectivity index (χ4n) is 2.33. The first-order chi connectivity index (χ1) is 8.70. The highest BCUT2D eigenvalue weighted by Gasteiger charge is 2.30. The number of nitrogens with zero attached hydrogens (tertiary/aromatic N) is 2. The van der Waals surface area contributed by atoms with E-state index in [2.05, 4.69) is 15.3 Å². The van der Waals surface area contributed by atoms with Crippen molar-refractivity contribution >= 4 is 17.3 Å². The molecule has 0 radical (unpaired) electrons. The summed E-state index contributed by atoms with van der Waals surface area (Å²) in [7, 11) is 0. The van der Waals surface area contributed by atoms with Crippen LogP contribution in [0.1, 0.15) is 36.9 Å². The molecule has 1 aliphatic rings. The lowest BCUT2D eigenvalue weighted by atomic mass is 10.0. The molecule has 18 heavy (non-hydrogen) atoms. The number of likely N-dealkylation sites (tertiary alicyclic amines) is 1. The van der Waals surface area contributed by atoms with E-state index in [4.69, 9.17) is 4.74 Å². The summed E-state index contributed by atoms with van der Waals surface area (Å²) in [6, 6.07) is -0.0806. The summed E-state index contributed by atoms with van der Waals surface area (Å²) in [4.78, 5) is 18.6. The van der Waals surface area contributed by atoms with Crippen LogP contribution in [-0.2, 0) is 16.1 Å². The van der Waals surface area contributed by atoms with Crippen molar-refractivity contribution in [1.29, 1.82) is 0 Å². The molecule has 1 unspecified atom stereocenters. The quantitative estimate of drug-likeness (QED) is 0.786. The summed E-state index contributed by atoms with van der Waals surface area (Å²) in [5.74, 6) is -0.0783. The Balaban J connectivity index is 2.01. The van der Waals surface area contributed by atoms with E-state index < -0.39 is 0 Å². The van der Waals surface area contributed by atoms with Crippen molar-refractivity contribution in [2.24, 2.45) is 0 Å². The van der Waals surface area contributed by atoms with Crippen LogP contribution < -0.4 is 0 Å². The molecule has 0 aromatic carbocycles. The smallest absolute Gasteiger partial charge is 0.323 e. The summed E-state index contributed by atoms with van der Waals surface area (Å²) >= 11 is 1.67. The van der Waals surface area contributed by atoms with E-state index in [0.29, 0.717) is 6.61 Å². The molecule has 1 aromatic heterocycles. The predicted octanol–water partition coefficient (Wildman–Crippen LogP) is 2.37. The predicted molar refractivity (Wildman–Crippen MR) is 71.5 cm³/mol. The minimum atomic E-state index is -0.0806. The number of ether oxygens (including phenoxy) is 1. The maximum absolute atomic E-state index is 11.9. The van der Waals surface area contributed by atoms with Gasteiger partial charge in [0.25, 0.3) is 0 Å². The van der Waals surface area contributed by atoms with Gasteiger partial charge in [0.15, 0.2) is 0 Å². The van der Waals surface area contributed by atoms with Crippen molar-refractivity contribution in [2.45, 2.75) is 45.7 Å². The number of aromatic nitrogens is 1. The maximum Gasteiger partial charge on any atom is 0.323 e. The Bertz CT molecular complexity index is 405. The number of piperidine rings is 1. The Morgan fingerprint density at radius 3 is 3.11 bits per heavy atom. The van der Waals surface area contributed by atoms with Gasteiger partial charge in [-0.2, -0.15) is 0 Å². The lowest BCUT2D eigenvalue weighted by Crippen LogP contribution is -2.44. The molecule has 2 heterocycles. The lowest BCUT2D eigenvalue weighted by molar-refractivity contribution is -0.151. The summed E-state index contributed by atoms with van der Waals surface area (Å²) < 4.78 is 5.16. The van der Waals surface area contributed by atoms with E-state index in [1.165, 1.54) is 0 Å². The Kier molecular flexibility index (Phi) is 4.72. The molecule has 2 rings (SSSR count). The van der Waals surface area contributed by atoms with Gasteiger partial charge in [-0.15, -0.1) is 11.3 Å². The first-order valence-corrected chi connectivity index (χ1v) is 7.40. The topological polar surface area (TPSA) is 42.4 Å². The van der Waals surface area contributed by atoms with E-state index in [0.717, 1.165) is 43.1 Å². The number of carbonyl (C=O) groups is 1. The van der Waals surface area contributed by atoms with Crippen molar-refractivity contribution in [1.82, 2.24) is 9.88 Å². The normalized spacial score (nSPS) is 20.9. The van der Waals surface area contributed by atoms with Crippen molar-refractivity contribution < 1.29 is 9.53 Å². The van der Waals surface area contributed by atoms with E-state index in [1.807, 2.05) is 13.8 Å². The summed E-state index contributed by atoms with van der Waals surface area (Å²) in [6.07, 6.45) is 3.17. The zero-order chi connectivity index (χ0) is 13.0. The van der Waals surface area contributed by atoms with Gasteiger partial charge in [0, 0.05) is 11.1 Å². The third kappa shape index (κ3) is 3.29. The molecule has 0 amide bonds. The van der Waals surface area contributed by atoms with Gasteiger partial charge < -0.3 is 4.74 Å². The van der Waals surface area contributed by atoms with Crippen LogP contribution in [0.4, 0.5) is 0 Å². The zero-order valence-electron chi connectivity index (χ0n) is 11.0. The fourth-order valence-corrected chi connectivity index (χ4v) is 3.13. The number of aryl methyl sites for hydroxylation is 1. The molecular weight excluding hydrogens is 248 g/mol. The summed E-state index contributed by atoms with van der Waals surface area (Å²) in [6.45, 7) is 6.04. The van der Waals surface area contributed by atoms with Gasteiger partial charge in [0.05, 0.1) is 13.2 Å². The van der Waals surface area contributed by atoms with Crippen LogP contribution in [0.5, 0.6) is 0 Å². The average molecular weight is 268 g/mol. The Labute approximate surface area is 112 Å². The highest BCUT2D eigenvalue weighted by molar-refractivity contribution is 7.09. The second kappa shape index (κ2) is 6.29. The van der Waals surface area contributed by atoms with Crippen molar-refractivity contribution in [3.8, 4) is 0 Å². The van der Waals surface area contributed by atoms with Crippen LogP contribution in [0.25, 0.3) is 0 Å². The highest BCUT2D eigenvalue weighted by atomic mass is 32.1. The summed E-state index contributed by atoms with van der Waals surface area (Å²) in [5.41, 5.74) is 1.06. The minimum absolute atomic E-state index is 0.0783. The van der Waals surface area contributed by atoms with Gasteiger partial charge in [-0.05, 0) is 33.2 Å². The second-order valence-corrected chi connectivity index (χ2v) is 5.56. The SMILES string of the molecule is CCOC(=O)C1CCCCN1Cc1nc(C)cs1. The van der Waals surface area contributed by atoms with E-state index in [9.17, 15) is 4.79 Å². The third-order valence-electron chi connectivity index (χ3n) is 3.18. The molecule has 5 heteroatoms. The molecule has 100 valence electrons. The molecule has 1 fully saturated rings. The number of carbonyl (C=O) groups excluding carboxylic acids is 1. The molecule has 1 atom stereocenters. The Hall–Kier alpha value is -0.940. The molecule has 0 spiro atoms. The number of thiazole rings is 1. The first-order valence-electron chi connectivity index (χ1n) is 6.52. The van der Waals surface area contributed by atoms with Gasteiger partial charge in [-0.1, -0.05) is 6.42 Å². The van der Waals surface area contributed by atoms with E-state index in [-0.39, 0.29) is 12.0 Å². The molecular formula is C13H20N2O2S. The van der Waals surface area contributed by atoms with Crippen LogP contribution in [0.15, 0.2) is 5.38 Å². The van der Waals surface area contributed by atoms with Gasteiger partial charge in [0.2, 0.25) is 0 Å². The van der Waals surface area contributed by atoms with Crippen molar-refractivity contribution in [2.75, 3.05) is 13.2 Å². The van der Waals surface area contributed by atoms with Gasteiger partial charge in [-0.3, -0.25) is 9.69 Å². The van der Waals surface area contributed by atoms with Crippen LogP contribution in [0, 0.1) is 6.92 Å². The highest BCUT2D eigenvalue weighted by Crippen LogP contribution is 2.22. The molecule has 4 nitrogen and oxygen atoms in total. The Morgan fingerprint density at radius 1 is 1.61 bits per heavy atom. The van der Waals surface area contributed by atoms with Crippen LogP contribution in [0.3, 0.4) is 0 Å². The third-order valence-corrected chi connectivity index (χ3v) is 4.13. The monoisotopic (exact) mass is 268 g/mol. The number of esters is 1. The lowest BCUT2D eigenvalue weighted by Gasteiger charge is -2.33. The molecule has 0 saturated carbocycles. The van der Waals surface area contributed by atoms with Crippen molar-refractivity contribution in [3.63, 3.8) is 0 Å². The largest absolute Gasteiger partial charge is 0.465 e. The van der Waals surface area contributed by atoms with Gasteiger partial charge in [0.1, 0.15) is 11.0 Å². The minimum Gasteiger partial charge on any atom is -0.465 e. The van der Waals surface area contributed by atoms with Gasteiger partial charge in [-0.25, -0.2) is 4.98 Å². The number of hydrogen-bond acceptors (Lipinski definition) is 5. The van der Waals surface area contributed by atoms with Crippen LogP contribution in [0.2, 0.25) is 0 Å². The van der Waals surface area contributed by atoms with Gasteiger partial charge >= 0.3 is 5.97 Å². The molecule has 1 aliphatic heterocycles. The first kappa shape index (κ1) is 13.5. The van der Waals surface area contributed by atoms with Crippen LogP contribution >= 0.6 is 11.3 Å². The van der Waals surface area contributed by atoms with E-state index in [1.54, 1.807) is 11.3 Å². The van der Waals surface area contributed by atoms with Crippen LogP contribution in [-0.4, -0.2) is 35.0 Å².